The predicted octanol–water partition coefficient (Wildman–Crippen LogP) is 1.82. The van der Waals surface area contributed by atoms with Crippen molar-refractivity contribution in [2.45, 2.75) is 45.8 Å². The fourth-order valence-corrected chi connectivity index (χ4v) is 1.03. The van der Waals surface area contributed by atoms with E-state index in [2.05, 4.69) is 6.92 Å². The molecule has 0 aromatic rings. The van der Waals surface area contributed by atoms with Crippen LogP contribution < -0.4 is 0 Å². The summed E-state index contributed by atoms with van der Waals surface area (Å²) in [5.41, 5.74) is -0.421. The van der Waals surface area contributed by atoms with Crippen molar-refractivity contribution in [2.75, 3.05) is 7.11 Å². The molecule has 11 heavy (non-hydrogen) atoms. The molecule has 0 aromatic heterocycles. The zero-order valence-corrected chi connectivity index (χ0v) is 8.22. The summed E-state index contributed by atoms with van der Waals surface area (Å²) >= 11 is 0. The summed E-state index contributed by atoms with van der Waals surface area (Å²) in [6.45, 7) is 7.92. The van der Waals surface area contributed by atoms with Crippen LogP contribution >= 0.6 is 0 Å². The third-order valence-corrected chi connectivity index (χ3v) is 2.42. The molecule has 1 N–H and O–H groups in total. The smallest absolute Gasteiger partial charge is 0.0883 e. The van der Waals surface area contributed by atoms with Gasteiger partial charge in [-0.15, -0.1) is 0 Å². The number of hydrogen-bond donors (Lipinski definition) is 1. The maximum atomic E-state index is 9.72. The molecule has 2 nitrogen and oxygen atoms in total. The van der Waals surface area contributed by atoms with Crippen LogP contribution in [0.3, 0.4) is 0 Å². The van der Waals surface area contributed by atoms with Crippen LogP contribution in [0, 0.1) is 5.92 Å². The number of hydrogen-bond acceptors (Lipinski definition) is 2. The van der Waals surface area contributed by atoms with Crippen LogP contribution in [0.2, 0.25) is 0 Å². The van der Waals surface area contributed by atoms with Gasteiger partial charge >= 0.3 is 0 Å². The van der Waals surface area contributed by atoms with E-state index in [9.17, 15) is 5.11 Å². The molecule has 2 heteroatoms. The van der Waals surface area contributed by atoms with E-state index >= 15 is 0 Å². The SMILES string of the molecule is CCC(C)C(O)C(C)(C)OC. The molecule has 0 aliphatic rings. The van der Waals surface area contributed by atoms with Gasteiger partial charge in [-0.25, -0.2) is 0 Å². The Morgan fingerprint density at radius 3 is 2.18 bits per heavy atom. The second kappa shape index (κ2) is 4.07. The molecule has 0 aliphatic carbocycles. The number of aliphatic hydroxyl groups is 1. The number of methoxy groups -OCH3 is 1. The Morgan fingerprint density at radius 1 is 1.45 bits per heavy atom. The Bertz CT molecular complexity index is 110. The van der Waals surface area contributed by atoms with Gasteiger partial charge in [0.25, 0.3) is 0 Å². The first-order valence-corrected chi connectivity index (χ1v) is 4.19. The Hall–Kier alpha value is -0.0800. The molecule has 0 fully saturated rings. The monoisotopic (exact) mass is 160 g/mol. The largest absolute Gasteiger partial charge is 0.390 e. The normalized spacial score (nSPS) is 18.0. The topological polar surface area (TPSA) is 29.5 Å². The molecule has 0 amide bonds. The van der Waals surface area contributed by atoms with E-state index in [-0.39, 0.29) is 6.10 Å². The van der Waals surface area contributed by atoms with Crippen molar-refractivity contribution in [2.24, 2.45) is 5.92 Å². The molecule has 0 bridgehead atoms. The second-order valence-corrected chi connectivity index (χ2v) is 3.64. The number of rotatable bonds is 4. The maximum absolute atomic E-state index is 9.72. The molecular formula is C9H20O2. The highest BCUT2D eigenvalue weighted by Crippen LogP contribution is 2.22. The lowest BCUT2D eigenvalue weighted by Crippen LogP contribution is -2.42. The van der Waals surface area contributed by atoms with E-state index in [1.807, 2.05) is 20.8 Å². The van der Waals surface area contributed by atoms with Gasteiger partial charge in [-0.3, -0.25) is 0 Å². The van der Waals surface area contributed by atoms with Crippen molar-refractivity contribution in [3.63, 3.8) is 0 Å². The summed E-state index contributed by atoms with van der Waals surface area (Å²) in [5, 5.41) is 9.72. The van der Waals surface area contributed by atoms with Gasteiger partial charge in [0.05, 0.1) is 11.7 Å². The van der Waals surface area contributed by atoms with Crippen LogP contribution in [-0.4, -0.2) is 23.9 Å². The number of ether oxygens (including phenoxy) is 1. The van der Waals surface area contributed by atoms with Crippen LogP contribution in [0.1, 0.15) is 34.1 Å². The first-order valence-electron chi connectivity index (χ1n) is 4.19. The fourth-order valence-electron chi connectivity index (χ4n) is 1.03. The lowest BCUT2D eigenvalue weighted by molar-refractivity contribution is -0.0986. The molecule has 68 valence electrons. The summed E-state index contributed by atoms with van der Waals surface area (Å²) in [6, 6.07) is 0. The highest BCUT2D eigenvalue weighted by Gasteiger charge is 2.30. The molecule has 0 aromatic carbocycles. The summed E-state index contributed by atoms with van der Waals surface area (Å²) < 4.78 is 5.17. The molecule has 0 heterocycles. The predicted molar refractivity (Wildman–Crippen MR) is 46.5 cm³/mol. The highest BCUT2D eigenvalue weighted by molar-refractivity contribution is 4.81. The molecule has 2 atom stereocenters. The Kier molecular flexibility index (Phi) is 4.04. The lowest BCUT2D eigenvalue weighted by atomic mass is 9.89. The zero-order valence-electron chi connectivity index (χ0n) is 8.22. The minimum atomic E-state index is -0.421. The van der Waals surface area contributed by atoms with Gasteiger partial charge in [-0.1, -0.05) is 20.3 Å². The minimum Gasteiger partial charge on any atom is -0.390 e. The van der Waals surface area contributed by atoms with E-state index in [0.717, 1.165) is 6.42 Å². The summed E-state index contributed by atoms with van der Waals surface area (Å²) in [7, 11) is 1.63. The van der Waals surface area contributed by atoms with Gasteiger partial charge in [0, 0.05) is 7.11 Å². The van der Waals surface area contributed by atoms with Gasteiger partial charge in [0.1, 0.15) is 0 Å². The van der Waals surface area contributed by atoms with Crippen molar-refractivity contribution in [3.8, 4) is 0 Å². The molecule has 0 saturated carbocycles. The Labute approximate surface area is 69.6 Å². The Morgan fingerprint density at radius 2 is 1.91 bits per heavy atom. The van der Waals surface area contributed by atoms with E-state index in [1.165, 1.54) is 0 Å². The van der Waals surface area contributed by atoms with Gasteiger partial charge in [-0.2, -0.15) is 0 Å². The molecule has 0 spiro atoms. The van der Waals surface area contributed by atoms with Gasteiger partial charge in [0.15, 0.2) is 0 Å². The standard InChI is InChI=1S/C9H20O2/c1-6-7(2)8(10)9(3,4)11-5/h7-8,10H,6H2,1-5H3. The van der Waals surface area contributed by atoms with Crippen LogP contribution in [0.15, 0.2) is 0 Å². The van der Waals surface area contributed by atoms with Crippen molar-refractivity contribution >= 4 is 0 Å². The summed E-state index contributed by atoms with van der Waals surface area (Å²) in [6.07, 6.45) is 0.603. The van der Waals surface area contributed by atoms with Crippen molar-refractivity contribution in [1.82, 2.24) is 0 Å². The highest BCUT2D eigenvalue weighted by atomic mass is 16.5. The maximum Gasteiger partial charge on any atom is 0.0883 e. The van der Waals surface area contributed by atoms with Crippen molar-refractivity contribution < 1.29 is 9.84 Å². The summed E-state index contributed by atoms with van der Waals surface area (Å²) in [5.74, 6) is 0.296. The molecule has 0 rings (SSSR count). The van der Waals surface area contributed by atoms with Gasteiger partial charge in [-0.05, 0) is 19.8 Å². The third kappa shape index (κ3) is 2.80. The van der Waals surface area contributed by atoms with E-state index in [0.29, 0.717) is 5.92 Å². The van der Waals surface area contributed by atoms with Gasteiger partial charge < -0.3 is 9.84 Å². The first kappa shape index (κ1) is 10.9. The average Bonchev–Trinajstić information content (AvgIpc) is 2.01. The number of aliphatic hydroxyl groups excluding tert-OH is 1. The van der Waals surface area contributed by atoms with Crippen molar-refractivity contribution in [3.05, 3.63) is 0 Å². The van der Waals surface area contributed by atoms with E-state index in [4.69, 9.17) is 4.74 Å². The molecule has 0 radical (unpaired) electrons. The molecule has 2 unspecified atom stereocenters. The zero-order chi connectivity index (χ0) is 9.07. The quantitative estimate of drug-likeness (QED) is 0.679. The second-order valence-electron chi connectivity index (χ2n) is 3.64. The van der Waals surface area contributed by atoms with Crippen LogP contribution in [-0.2, 0) is 4.74 Å². The van der Waals surface area contributed by atoms with Crippen molar-refractivity contribution in [1.29, 1.82) is 0 Å². The molecule has 0 saturated heterocycles. The average molecular weight is 160 g/mol. The lowest BCUT2D eigenvalue weighted by Gasteiger charge is -2.32. The Balaban J connectivity index is 4.10. The molecular weight excluding hydrogens is 140 g/mol. The van der Waals surface area contributed by atoms with Crippen LogP contribution in [0.4, 0.5) is 0 Å². The molecule has 0 aliphatic heterocycles. The van der Waals surface area contributed by atoms with Crippen LogP contribution in [0.5, 0.6) is 0 Å². The van der Waals surface area contributed by atoms with E-state index < -0.39 is 5.60 Å². The van der Waals surface area contributed by atoms with Gasteiger partial charge in [0.2, 0.25) is 0 Å². The fraction of sp³-hybridized carbons (Fsp3) is 1.00. The third-order valence-electron chi connectivity index (χ3n) is 2.42. The van der Waals surface area contributed by atoms with Crippen LogP contribution in [0.25, 0.3) is 0 Å². The van der Waals surface area contributed by atoms with E-state index in [1.54, 1.807) is 7.11 Å². The summed E-state index contributed by atoms with van der Waals surface area (Å²) in [4.78, 5) is 0. The first-order chi connectivity index (χ1) is 4.95. The minimum absolute atomic E-state index is 0.296.